The fourth-order valence-corrected chi connectivity index (χ4v) is 3.66. The van der Waals surface area contributed by atoms with E-state index in [1.807, 2.05) is 42.8 Å². The van der Waals surface area contributed by atoms with Gasteiger partial charge in [-0.3, -0.25) is 9.59 Å². The van der Waals surface area contributed by atoms with Gasteiger partial charge >= 0.3 is 5.97 Å². The van der Waals surface area contributed by atoms with Gasteiger partial charge in [-0.1, -0.05) is 29.3 Å². The molecule has 0 radical (unpaired) electrons. The number of aliphatic carboxylic acids is 1. The monoisotopic (exact) mass is 449 g/mol. The number of fused-ring (bicyclic) bond motifs is 1. The maximum atomic E-state index is 12.8. The van der Waals surface area contributed by atoms with Gasteiger partial charge in [0.15, 0.2) is 0 Å². The topological polar surface area (TPSA) is 93.4 Å². The number of amides is 1. The van der Waals surface area contributed by atoms with Crippen molar-refractivity contribution in [3.8, 4) is 11.6 Å². The summed E-state index contributed by atoms with van der Waals surface area (Å²) in [7, 11) is 1.85. The van der Waals surface area contributed by atoms with Gasteiger partial charge in [0.1, 0.15) is 11.4 Å². The Hall–Kier alpha value is -3.84. The number of hydrogen-bond acceptors (Lipinski definition) is 4. The van der Waals surface area contributed by atoms with Crippen molar-refractivity contribution >= 4 is 40.1 Å². The molecule has 32 heavy (non-hydrogen) atoms. The van der Waals surface area contributed by atoms with E-state index in [2.05, 4.69) is 10.3 Å². The van der Waals surface area contributed by atoms with Crippen molar-refractivity contribution in [2.24, 2.45) is 7.05 Å². The second-order valence-corrected chi connectivity index (χ2v) is 7.83. The molecule has 0 aliphatic heterocycles. The first-order chi connectivity index (χ1) is 15.3. The molecule has 0 saturated heterocycles. The minimum atomic E-state index is -0.937. The summed E-state index contributed by atoms with van der Waals surface area (Å²) in [6.07, 6.45) is 1.37. The van der Waals surface area contributed by atoms with Gasteiger partial charge in [-0.25, -0.2) is 4.98 Å². The van der Waals surface area contributed by atoms with Crippen molar-refractivity contribution in [1.82, 2.24) is 9.55 Å². The fraction of sp³-hybridized carbons (Fsp3) is 0.125. The Morgan fingerprint density at radius 1 is 1.12 bits per heavy atom. The number of nitrogens with zero attached hydrogens (tertiary/aromatic N) is 2. The summed E-state index contributed by atoms with van der Waals surface area (Å²) in [6.45, 7) is 2.01. The van der Waals surface area contributed by atoms with E-state index in [0.29, 0.717) is 22.7 Å². The van der Waals surface area contributed by atoms with Crippen LogP contribution in [-0.2, 0) is 18.3 Å². The zero-order valence-corrected chi connectivity index (χ0v) is 18.2. The van der Waals surface area contributed by atoms with Gasteiger partial charge in [-0.05, 0) is 48.9 Å². The molecule has 2 aromatic carbocycles. The largest absolute Gasteiger partial charge is 0.481 e. The number of carboxylic acids is 1. The molecule has 7 nitrogen and oxygen atoms in total. The molecule has 1 amide bonds. The van der Waals surface area contributed by atoms with Crippen LogP contribution >= 0.6 is 11.6 Å². The SMILES string of the molecule is Cc1ccc2c(c1)cc(C(=O)Nc1ccc(Oc3ccc(CC(=O)O)cc3Cl)nc1)n2C. The number of carbonyl (C=O) groups excluding carboxylic acids is 1. The van der Waals surface area contributed by atoms with Gasteiger partial charge in [0, 0.05) is 24.0 Å². The predicted octanol–water partition coefficient (Wildman–Crippen LogP) is 5.21. The standard InChI is InChI=1S/C24H20ClN3O4/c1-14-3-6-19-16(9-14)12-20(28(19)2)24(31)27-17-5-8-22(26-13-17)32-21-7-4-15(10-18(21)25)11-23(29)30/h3-10,12-13H,11H2,1-2H3,(H,27,31)(H,29,30). The average Bonchev–Trinajstić information content (AvgIpc) is 3.06. The van der Waals surface area contributed by atoms with E-state index in [4.69, 9.17) is 21.4 Å². The molecule has 0 atom stereocenters. The smallest absolute Gasteiger partial charge is 0.307 e. The first-order valence-corrected chi connectivity index (χ1v) is 10.2. The minimum Gasteiger partial charge on any atom is -0.481 e. The van der Waals surface area contributed by atoms with E-state index in [1.54, 1.807) is 30.3 Å². The summed E-state index contributed by atoms with van der Waals surface area (Å²) in [4.78, 5) is 27.8. The summed E-state index contributed by atoms with van der Waals surface area (Å²) in [5.41, 5.74) is 3.75. The lowest BCUT2D eigenvalue weighted by atomic mass is 10.1. The van der Waals surface area contributed by atoms with E-state index in [9.17, 15) is 9.59 Å². The van der Waals surface area contributed by atoms with Crippen molar-refractivity contribution < 1.29 is 19.4 Å². The number of carbonyl (C=O) groups is 2. The first-order valence-electron chi connectivity index (χ1n) is 9.82. The molecule has 2 heterocycles. The molecule has 4 aromatic rings. The van der Waals surface area contributed by atoms with Gasteiger partial charge in [0.25, 0.3) is 5.91 Å². The lowest BCUT2D eigenvalue weighted by Crippen LogP contribution is -2.15. The predicted molar refractivity (Wildman–Crippen MR) is 123 cm³/mol. The maximum absolute atomic E-state index is 12.8. The summed E-state index contributed by atoms with van der Waals surface area (Å²) in [6, 6.07) is 16.0. The van der Waals surface area contributed by atoms with Crippen LogP contribution in [0.25, 0.3) is 10.9 Å². The Morgan fingerprint density at radius 2 is 1.94 bits per heavy atom. The van der Waals surface area contributed by atoms with Gasteiger partial charge < -0.3 is 19.7 Å². The Kier molecular flexibility index (Phi) is 5.83. The number of halogens is 1. The number of aromatic nitrogens is 2. The number of anilines is 1. The number of carboxylic acid groups (broad SMARTS) is 1. The molecule has 8 heteroatoms. The Labute approximate surface area is 189 Å². The minimum absolute atomic E-state index is 0.122. The number of rotatable bonds is 6. The molecule has 162 valence electrons. The molecular formula is C24H20ClN3O4. The molecule has 2 N–H and O–H groups in total. The van der Waals surface area contributed by atoms with Crippen LogP contribution in [0.2, 0.25) is 5.02 Å². The van der Waals surface area contributed by atoms with Crippen LogP contribution in [-0.4, -0.2) is 26.5 Å². The third-order valence-corrected chi connectivity index (χ3v) is 5.29. The molecule has 0 spiro atoms. The van der Waals surface area contributed by atoms with Crippen molar-refractivity contribution in [2.45, 2.75) is 13.3 Å². The van der Waals surface area contributed by atoms with E-state index in [1.165, 1.54) is 6.20 Å². The van der Waals surface area contributed by atoms with Gasteiger partial charge in [0.2, 0.25) is 5.88 Å². The Balaban J connectivity index is 1.46. The van der Waals surface area contributed by atoms with Crippen molar-refractivity contribution in [3.05, 3.63) is 82.6 Å². The van der Waals surface area contributed by atoms with Crippen molar-refractivity contribution in [1.29, 1.82) is 0 Å². The fourth-order valence-electron chi connectivity index (χ4n) is 3.42. The second-order valence-electron chi connectivity index (χ2n) is 7.43. The number of ether oxygens (including phenoxy) is 1. The number of hydrogen-bond donors (Lipinski definition) is 2. The average molecular weight is 450 g/mol. The number of nitrogens with one attached hydrogen (secondary N) is 1. The van der Waals surface area contributed by atoms with Gasteiger partial charge in [0.05, 0.1) is 23.3 Å². The highest BCUT2D eigenvalue weighted by Crippen LogP contribution is 2.30. The molecule has 0 fully saturated rings. The maximum Gasteiger partial charge on any atom is 0.307 e. The molecule has 0 aliphatic rings. The summed E-state index contributed by atoms with van der Waals surface area (Å²) < 4.78 is 7.53. The molecule has 2 aromatic heterocycles. The van der Waals surface area contributed by atoms with E-state index < -0.39 is 5.97 Å². The van der Waals surface area contributed by atoms with Crippen LogP contribution in [0.3, 0.4) is 0 Å². The van der Waals surface area contributed by atoms with E-state index in [-0.39, 0.29) is 23.2 Å². The second kappa shape index (κ2) is 8.72. The number of pyridine rings is 1. The van der Waals surface area contributed by atoms with E-state index >= 15 is 0 Å². The quantitative estimate of drug-likeness (QED) is 0.421. The first kappa shape index (κ1) is 21.4. The Bertz CT molecular complexity index is 1330. The van der Waals surface area contributed by atoms with Crippen LogP contribution < -0.4 is 10.1 Å². The highest BCUT2D eigenvalue weighted by atomic mass is 35.5. The summed E-state index contributed by atoms with van der Waals surface area (Å²) in [5.74, 6) is -0.534. The Morgan fingerprint density at radius 3 is 2.62 bits per heavy atom. The molecule has 0 bridgehead atoms. The zero-order valence-electron chi connectivity index (χ0n) is 17.4. The van der Waals surface area contributed by atoms with Crippen molar-refractivity contribution in [3.63, 3.8) is 0 Å². The molecule has 0 aliphatic carbocycles. The van der Waals surface area contributed by atoms with Crippen molar-refractivity contribution in [2.75, 3.05) is 5.32 Å². The van der Waals surface area contributed by atoms with Crippen LogP contribution in [0.1, 0.15) is 21.6 Å². The highest BCUT2D eigenvalue weighted by molar-refractivity contribution is 6.32. The molecular weight excluding hydrogens is 430 g/mol. The number of benzene rings is 2. The summed E-state index contributed by atoms with van der Waals surface area (Å²) in [5, 5.41) is 13.0. The third kappa shape index (κ3) is 4.58. The third-order valence-electron chi connectivity index (χ3n) is 4.99. The van der Waals surface area contributed by atoms with Crippen LogP contribution in [0.4, 0.5) is 5.69 Å². The molecule has 4 rings (SSSR count). The normalized spacial score (nSPS) is 10.8. The molecule has 0 saturated carbocycles. The zero-order chi connectivity index (χ0) is 22.8. The van der Waals surface area contributed by atoms with E-state index in [0.717, 1.165) is 16.5 Å². The lowest BCUT2D eigenvalue weighted by Gasteiger charge is -2.09. The van der Waals surface area contributed by atoms with Gasteiger partial charge in [-0.2, -0.15) is 0 Å². The molecule has 0 unspecified atom stereocenters. The lowest BCUT2D eigenvalue weighted by molar-refractivity contribution is -0.136. The number of aryl methyl sites for hydroxylation is 2. The summed E-state index contributed by atoms with van der Waals surface area (Å²) >= 11 is 6.18. The van der Waals surface area contributed by atoms with Crippen LogP contribution in [0, 0.1) is 6.92 Å². The highest BCUT2D eigenvalue weighted by Gasteiger charge is 2.14. The van der Waals surface area contributed by atoms with Crippen LogP contribution in [0.15, 0.2) is 60.8 Å². The van der Waals surface area contributed by atoms with Crippen LogP contribution in [0.5, 0.6) is 11.6 Å². The van der Waals surface area contributed by atoms with Gasteiger partial charge in [-0.15, -0.1) is 0 Å².